The summed E-state index contributed by atoms with van der Waals surface area (Å²) < 4.78 is 81.8. The molecule has 0 aliphatic rings. The van der Waals surface area contributed by atoms with E-state index in [4.69, 9.17) is 18.9 Å². The van der Waals surface area contributed by atoms with Crippen LogP contribution >= 0.6 is 21.6 Å². The molecule has 0 bridgehead atoms. The predicted molar refractivity (Wildman–Crippen MR) is 213 cm³/mol. The lowest BCUT2D eigenvalue weighted by Gasteiger charge is -2.46. The number of rotatable bonds is 21. The van der Waals surface area contributed by atoms with Crippen LogP contribution in [0, 0.1) is 35.5 Å². The summed E-state index contributed by atoms with van der Waals surface area (Å²) in [6.07, 6.45) is 2.63. The van der Waals surface area contributed by atoms with Crippen LogP contribution in [-0.2, 0) is 39.1 Å². The van der Waals surface area contributed by atoms with Crippen molar-refractivity contribution in [1.82, 2.24) is 8.61 Å². The van der Waals surface area contributed by atoms with Gasteiger partial charge in [0.15, 0.2) is 9.74 Å². The summed E-state index contributed by atoms with van der Waals surface area (Å²) >= 11 is 0. The fourth-order valence-corrected chi connectivity index (χ4v) is 13.7. The molecule has 2 rings (SSSR count). The standard InChI is InChI=1S/C38H48N2O10S4/c1-11-15-27-49-31-17-21-33(22-18-31)53(43,44)39(25-13-3)37(29(5)6,35(41)47-9)51-52-38(30(7)8,36(42)48-10)40(26-14-4)54(45,46)34-23-19-32(20-24-34)50-28-16-12-2/h13-14,17-24,29-30H,3-4,25-28H2,1-2,5-10H3/t37-,38-/m1/s1. The smallest absolute Gasteiger partial charge is 0.338 e. The Labute approximate surface area is 328 Å². The van der Waals surface area contributed by atoms with Crippen molar-refractivity contribution < 1.29 is 45.4 Å². The Balaban J connectivity index is 2.86. The van der Waals surface area contributed by atoms with Gasteiger partial charge in [0, 0.05) is 13.1 Å². The molecule has 2 atom stereocenters. The van der Waals surface area contributed by atoms with Gasteiger partial charge in [-0.05, 0) is 74.2 Å². The fraction of sp³-hybridized carbons (Fsp3) is 0.421. The van der Waals surface area contributed by atoms with Crippen molar-refractivity contribution in [3.63, 3.8) is 0 Å². The molecule has 0 heterocycles. The molecule has 0 radical (unpaired) electrons. The number of carbonyl (C=O) groups excluding carboxylic acids is 2. The van der Waals surface area contributed by atoms with Crippen molar-refractivity contribution in [2.45, 2.75) is 61.1 Å². The predicted octanol–water partition coefficient (Wildman–Crippen LogP) is 5.98. The van der Waals surface area contributed by atoms with E-state index in [1.54, 1.807) is 41.5 Å². The monoisotopic (exact) mass is 820 g/mol. The van der Waals surface area contributed by atoms with Crippen LogP contribution in [-0.4, -0.2) is 87.6 Å². The summed E-state index contributed by atoms with van der Waals surface area (Å²) in [6.45, 7) is 16.8. The van der Waals surface area contributed by atoms with Crippen LogP contribution in [0.5, 0.6) is 11.5 Å². The van der Waals surface area contributed by atoms with Crippen LogP contribution in [0.1, 0.15) is 41.5 Å². The molecule has 2 aromatic carbocycles. The average Bonchev–Trinajstić information content (AvgIpc) is 3.15. The molecule has 2 aromatic rings. The van der Waals surface area contributed by atoms with Crippen molar-refractivity contribution in [3.05, 3.63) is 73.8 Å². The van der Waals surface area contributed by atoms with Crippen molar-refractivity contribution in [3.8, 4) is 35.2 Å². The Morgan fingerprint density at radius 1 is 0.685 bits per heavy atom. The average molecular weight is 821 g/mol. The van der Waals surface area contributed by atoms with Gasteiger partial charge in [0.05, 0.1) is 24.0 Å². The summed E-state index contributed by atoms with van der Waals surface area (Å²) in [5, 5.41) is 0. The second kappa shape index (κ2) is 20.7. The molecule has 294 valence electrons. The number of ether oxygens (including phenoxy) is 4. The normalized spacial score (nSPS) is 13.8. The Hall–Kier alpha value is -3.90. The van der Waals surface area contributed by atoms with Crippen LogP contribution in [0.2, 0.25) is 0 Å². The number of carbonyl (C=O) groups is 2. The molecule has 0 aliphatic heterocycles. The van der Waals surface area contributed by atoms with Gasteiger partial charge >= 0.3 is 11.9 Å². The van der Waals surface area contributed by atoms with Crippen molar-refractivity contribution >= 4 is 53.6 Å². The summed E-state index contributed by atoms with van der Waals surface area (Å²) in [5.74, 6) is 8.10. The van der Waals surface area contributed by atoms with Gasteiger partial charge < -0.3 is 18.9 Å². The van der Waals surface area contributed by atoms with Gasteiger partial charge in [-0.3, -0.25) is 0 Å². The second-order valence-corrected chi connectivity index (χ2v) is 18.2. The van der Waals surface area contributed by atoms with Gasteiger partial charge in [0.1, 0.15) is 24.7 Å². The Kier molecular flexibility index (Phi) is 17.7. The first kappa shape index (κ1) is 46.3. The molecule has 54 heavy (non-hydrogen) atoms. The molecular formula is C38H48N2O10S4. The number of hydrogen-bond acceptors (Lipinski definition) is 12. The van der Waals surface area contributed by atoms with Gasteiger partial charge in [0.2, 0.25) is 20.0 Å². The first-order valence-electron chi connectivity index (χ1n) is 16.6. The van der Waals surface area contributed by atoms with E-state index in [1.165, 1.54) is 60.7 Å². The lowest BCUT2D eigenvalue weighted by atomic mass is 10.0. The molecule has 12 nitrogen and oxygen atoms in total. The highest BCUT2D eigenvalue weighted by atomic mass is 33.1. The number of methoxy groups -OCH3 is 2. The van der Waals surface area contributed by atoms with Gasteiger partial charge in [-0.1, -0.05) is 73.3 Å². The highest BCUT2D eigenvalue weighted by Gasteiger charge is 2.60. The van der Waals surface area contributed by atoms with Crippen LogP contribution in [0.3, 0.4) is 0 Å². The molecule has 16 heteroatoms. The van der Waals surface area contributed by atoms with Crippen LogP contribution in [0.25, 0.3) is 0 Å². The zero-order chi connectivity index (χ0) is 40.7. The second-order valence-electron chi connectivity index (χ2n) is 11.9. The quantitative estimate of drug-likeness (QED) is 0.0481. The number of benzene rings is 2. The summed E-state index contributed by atoms with van der Waals surface area (Å²) in [6, 6.07) is 11.2. The third-order valence-corrected chi connectivity index (χ3v) is 16.0. The zero-order valence-electron chi connectivity index (χ0n) is 31.8. The minimum absolute atomic E-state index is 0.0998. The lowest BCUT2D eigenvalue weighted by molar-refractivity contribution is -0.149. The molecule has 0 saturated heterocycles. The number of sulfonamides is 2. The van der Waals surface area contributed by atoms with Crippen molar-refractivity contribution in [2.24, 2.45) is 11.8 Å². The fourth-order valence-electron chi connectivity index (χ4n) is 5.13. The Morgan fingerprint density at radius 2 is 1.00 bits per heavy atom. The molecular weight excluding hydrogens is 773 g/mol. The largest absolute Gasteiger partial charge is 0.481 e. The highest BCUT2D eigenvalue weighted by Crippen LogP contribution is 2.55. The van der Waals surface area contributed by atoms with Crippen LogP contribution < -0.4 is 9.47 Å². The summed E-state index contributed by atoms with van der Waals surface area (Å²) in [4.78, 5) is 23.7. The Bertz CT molecular complexity index is 1820. The maximum absolute atomic E-state index is 14.6. The van der Waals surface area contributed by atoms with Crippen molar-refractivity contribution in [2.75, 3.05) is 40.5 Å². The third kappa shape index (κ3) is 10.0. The van der Waals surface area contributed by atoms with Gasteiger partial charge in [-0.15, -0.1) is 25.0 Å². The van der Waals surface area contributed by atoms with E-state index >= 15 is 0 Å². The van der Waals surface area contributed by atoms with E-state index in [2.05, 4.69) is 36.8 Å². The third-order valence-electron chi connectivity index (χ3n) is 7.95. The van der Waals surface area contributed by atoms with Crippen LogP contribution in [0.4, 0.5) is 0 Å². The van der Waals surface area contributed by atoms with Gasteiger partial charge in [-0.2, -0.15) is 8.61 Å². The van der Waals surface area contributed by atoms with Crippen molar-refractivity contribution in [1.29, 1.82) is 0 Å². The molecule has 0 unspecified atom stereocenters. The zero-order valence-corrected chi connectivity index (χ0v) is 35.0. The first-order chi connectivity index (χ1) is 25.5. The van der Waals surface area contributed by atoms with E-state index < -0.39 is 53.6 Å². The van der Waals surface area contributed by atoms with E-state index in [9.17, 15) is 26.4 Å². The molecule has 0 saturated carbocycles. The summed E-state index contributed by atoms with van der Waals surface area (Å²) in [5.41, 5.74) is 0. The van der Waals surface area contributed by atoms with E-state index in [0.29, 0.717) is 33.1 Å². The SMILES string of the molecule is C=CCN([C@](SS[C@@](C(=O)OC)(C(C)C)N(CC=C)S(=O)(=O)c1ccc(OCC#CC)cc1)(C(=O)OC)C(C)C)S(=O)(=O)c1ccc(OCC#CC)cc1. The minimum Gasteiger partial charge on any atom is -0.481 e. The highest BCUT2D eigenvalue weighted by molar-refractivity contribution is 8.78. The minimum atomic E-state index is -4.53. The van der Waals surface area contributed by atoms with E-state index in [0.717, 1.165) is 22.8 Å². The molecule has 0 amide bonds. The van der Waals surface area contributed by atoms with E-state index in [1.807, 2.05) is 0 Å². The maximum Gasteiger partial charge on any atom is 0.338 e. The van der Waals surface area contributed by atoms with E-state index in [-0.39, 0.29) is 36.1 Å². The molecule has 0 spiro atoms. The lowest BCUT2D eigenvalue weighted by Crippen LogP contribution is -2.61. The van der Waals surface area contributed by atoms with Gasteiger partial charge in [-0.25, -0.2) is 26.4 Å². The number of nitrogens with zero attached hydrogens (tertiary/aromatic N) is 2. The molecule has 0 fully saturated rings. The first-order valence-corrected chi connectivity index (χ1v) is 21.6. The number of esters is 2. The molecule has 0 aromatic heterocycles. The van der Waals surface area contributed by atoms with Gasteiger partial charge in [0.25, 0.3) is 0 Å². The molecule has 0 aliphatic carbocycles. The topological polar surface area (TPSA) is 146 Å². The molecule has 0 N–H and O–H groups in total. The maximum atomic E-state index is 14.6. The Morgan fingerprint density at radius 3 is 1.24 bits per heavy atom. The number of hydrogen-bond donors (Lipinski definition) is 0. The summed E-state index contributed by atoms with van der Waals surface area (Å²) in [7, 11) is -5.48. The van der Waals surface area contributed by atoms with Crippen LogP contribution in [0.15, 0.2) is 83.6 Å².